The quantitative estimate of drug-likeness (QED) is 0.844. The molecule has 7 heteroatoms. The Kier molecular flexibility index (Phi) is 5.04. The highest BCUT2D eigenvalue weighted by molar-refractivity contribution is 5.79. The fraction of sp³-hybridized carbons (Fsp3) is 0.650. The van der Waals surface area contributed by atoms with Gasteiger partial charge in [-0.05, 0) is 37.3 Å². The van der Waals surface area contributed by atoms with E-state index in [0.717, 1.165) is 31.5 Å². The number of aliphatic hydroxyl groups is 1. The van der Waals surface area contributed by atoms with Gasteiger partial charge in [0.25, 0.3) is 0 Å². The van der Waals surface area contributed by atoms with Gasteiger partial charge in [0.2, 0.25) is 5.91 Å². The van der Waals surface area contributed by atoms with Crippen LogP contribution in [-0.4, -0.2) is 81.6 Å². The van der Waals surface area contributed by atoms with Gasteiger partial charge in [-0.1, -0.05) is 6.07 Å². The molecule has 7 nitrogen and oxygen atoms in total. The lowest BCUT2D eigenvalue weighted by atomic mass is 9.75. The van der Waals surface area contributed by atoms with Crippen molar-refractivity contribution in [2.75, 3.05) is 39.3 Å². The van der Waals surface area contributed by atoms with E-state index < -0.39 is 5.60 Å². The molecule has 0 saturated carbocycles. The summed E-state index contributed by atoms with van der Waals surface area (Å²) in [6.45, 7) is 3.89. The molecule has 3 fully saturated rings. The van der Waals surface area contributed by atoms with E-state index in [-0.39, 0.29) is 17.9 Å². The standard InChI is InChI=1S/C20H28N4O3/c25-18(12-16-4-3-7-21-13-16)23-10-5-20(27)6-11-24(15-17(20)14-23)19(26)22-8-1-2-9-22/h3-4,7,13,17,27H,1-2,5-6,8-12,14-15H2/t17-,20-/m1/s1. The summed E-state index contributed by atoms with van der Waals surface area (Å²) in [4.78, 5) is 35.1. The number of aromatic nitrogens is 1. The number of carbonyl (C=O) groups is 2. The lowest BCUT2D eigenvalue weighted by molar-refractivity contribution is -0.144. The largest absolute Gasteiger partial charge is 0.389 e. The normalized spacial score (nSPS) is 28.2. The molecule has 1 aromatic heterocycles. The molecule has 3 aliphatic heterocycles. The predicted octanol–water partition coefficient (Wildman–Crippen LogP) is 1.13. The number of pyridine rings is 1. The third kappa shape index (κ3) is 3.78. The molecule has 0 spiro atoms. The first kappa shape index (κ1) is 18.2. The summed E-state index contributed by atoms with van der Waals surface area (Å²) in [5, 5.41) is 11.0. The summed E-state index contributed by atoms with van der Waals surface area (Å²) >= 11 is 0. The molecular formula is C20H28N4O3. The Hall–Kier alpha value is -2.15. The summed E-state index contributed by atoms with van der Waals surface area (Å²) in [5.41, 5.74) is 0.144. The number of urea groups is 1. The SMILES string of the molecule is O=C(Cc1cccnc1)N1CC[C@@]2(O)CCN(C(=O)N3CCCC3)C[C@H]2C1. The lowest BCUT2D eigenvalue weighted by Gasteiger charge is -2.50. The fourth-order valence-electron chi connectivity index (χ4n) is 4.60. The number of rotatable bonds is 2. The molecule has 1 N–H and O–H groups in total. The average Bonchev–Trinajstić information content (AvgIpc) is 3.22. The van der Waals surface area contributed by atoms with Gasteiger partial charge >= 0.3 is 6.03 Å². The van der Waals surface area contributed by atoms with Gasteiger partial charge in [0.15, 0.2) is 0 Å². The van der Waals surface area contributed by atoms with Crippen LogP contribution in [0.4, 0.5) is 4.79 Å². The second kappa shape index (κ2) is 7.46. The third-order valence-electron chi connectivity index (χ3n) is 6.35. The smallest absolute Gasteiger partial charge is 0.320 e. The summed E-state index contributed by atoms with van der Waals surface area (Å²) in [6.07, 6.45) is 7.07. The average molecular weight is 372 g/mol. The first-order chi connectivity index (χ1) is 13.0. The minimum absolute atomic E-state index is 0.0630. The van der Waals surface area contributed by atoms with Crippen LogP contribution in [0.3, 0.4) is 0 Å². The monoisotopic (exact) mass is 372 g/mol. The molecule has 3 aliphatic rings. The van der Waals surface area contributed by atoms with Crippen LogP contribution in [0, 0.1) is 5.92 Å². The van der Waals surface area contributed by atoms with Crippen LogP contribution in [0.5, 0.6) is 0 Å². The van der Waals surface area contributed by atoms with Gasteiger partial charge in [-0.15, -0.1) is 0 Å². The summed E-state index contributed by atoms with van der Waals surface area (Å²) in [7, 11) is 0. The number of fused-ring (bicyclic) bond motifs is 1. The minimum Gasteiger partial charge on any atom is -0.389 e. The van der Waals surface area contributed by atoms with E-state index in [1.807, 2.05) is 26.8 Å². The van der Waals surface area contributed by atoms with Gasteiger partial charge in [-0.3, -0.25) is 9.78 Å². The van der Waals surface area contributed by atoms with Crippen LogP contribution < -0.4 is 0 Å². The molecule has 0 aliphatic carbocycles. The second-order valence-corrected chi connectivity index (χ2v) is 8.10. The number of amides is 3. The van der Waals surface area contributed by atoms with Crippen LogP contribution >= 0.6 is 0 Å². The number of hydrogen-bond donors (Lipinski definition) is 1. The van der Waals surface area contributed by atoms with E-state index in [0.29, 0.717) is 45.4 Å². The van der Waals surface area contributed by atoms with Gasteiger partial charge in [-0.2, -0.15) is 0 Å². The highest BCUT2D eigenvalue weighted by atomic mass is 16.3. The van der Waals surface area contributed by atoms with Crippen molar-refractivity contribution in [1.29, 1.82) is 0 Å². The Morgan fingerprint density at radius 3 is 2.48 bits per heavy atom. The third-order valence-corrected chi connectivity index (χ3v) is 6.35. The summed E-state index contributed by atoms with van der Waals surface area (Å²) in [6, 6.07) is 3.83. The van der Waals surface area contributed by atoms with Crippen molar-refractivity contribution in [3.8, 4) is 0 Å². The van der Waals surface area contributed by atoms with Crippen LogP contribution in [-0.2, 0) is 11.2 Å². The van der Waals surface area contributed by atoms with E-state index in [9.17, 15) is 14.7 Å². The Labute approximate surface area is 160 Å². The number of hydrogen-bond acceptors (Lipinski definition) is 4. The molecule has 0 radical (unpaired) electrons. The van der Waals surface area contributed by atoms with Crippen LogP contribution in [0.15, 0.2) is 24.5 Å². The van der Waals surface area contributed by atoms with Crippen molar-refractivity contribution >= 4 is 11.9 Å². The molecule has 0 aromatic carbocycles. The van der Waals surface area contributed by atoms with E-state index in [2.05, 4.69) is 4.98 Å². The number of carbonyl (C=O) groups excluding carboxylic acids is 2. The summed E-state index contributed by atoms with van der Waals surface area (Å²) in [5.74, 6) is -0.0163. The van der Waals surface area contributed by atoms with Crippen molar-refractivity contribution in [1.82, 2.24) is 19.7 Å². The zero-order valence-corrected chi connectivity index (χ0v) is 15.7. The van der Waals surface area contributed by atoms with E-state index in [4.69, 9.17) is 0 Å². The van der Waals surface area contributed by atoms with Crippen molar-refractivity contribution in [3.63, 3.8) is 0 Å². The zero-order chi connectivity index (χ0) is 18.9. The van der Waals surface area contributed by atoms with Crippen molar-refractivity contribution in [2.24, 2.45) is 5.92 Å². The fourth-order valence-corrected chi connectivity index (χ4v) is 4.60. The maximum Gasteiger partial charge on any atom is 0.320 e. The second-order valence-electron chi connectivity index (χ2n) is 8.10. The number of nitrogens with zero attached hydrogens (tertiary/aromatic N) is 4. The molecule has 1 aromatic rings. The zero-order valence-electron chi connectivity index (χ0n) is 15.7. The highest BCUT2D eigenvalue weighted by Crippen LogP contribution is 2.36. The van der Waals surface area contributed by atoms with Gasteiger partial charge in [0, 0.05) is 57.6 Å². The Balaban J connectivity index is 1.39. The van der Waals surface area contributed by atoms with Crippen molar-refractivity contribution in [3.05, 3.63) is 30.1 Å². The molecular weight excluding hydrogens is 344 g/mol. The van der Waals surface area contributed by atoms with Gasteiger partial charge in [0.1, 0.15) is 0 Å². The summed E-state index contributed by atoms with van der Waals surface area (Å²) < 4.78 is 0. The molecule has 4 rings (SSSR count). The molecule has 0 bridgehead atoms. The van der Waals surface area contributed by atoms with Crippen LogP contribution in [0.25, 0.3) is 0 Å². The lowest BCUT2D eigenvalue weighted by Crippen LogP contribution is -2.62. The Bertz CT molecular complexity index is 692. The molecule has 3 saturated heterocycles. The van der Waals surface area contributed by atoms with E-state index in [1.54, 1.807) is 12.4 Å². The van der Waals surface area contributed by atoms with Crippen LogP contribution in [0.2, 0.25) is 0 Å². The van der Waals surface area contributed by atoms with E-state index in [1.165, 1.54) is 0 Å². The molecule has 4 heterocycles. The first-order valence-corrected chi connectivity index (χ1v) is 9.98. The number of piperidine rings is 2. The van der Waals surface area contributed by atoms with Crippen LogP contribution in [0.1, 0.15) is 31.2 Å². The maximum atomic E-state index is 12.7. The number of likely N-dealkylation sites (tertiary alicyclic amines) is 3. The van der Waals surface area contributed by atoms with Gasteiger partial charge < -0.3 is 19.8 Å². The Morgan fingerprint density at radius 1 is 1.07 bits per heavy atom. The van der Waals surface area contributed by atoms with Gasteiger partial charge in [-0.25, -0.2) is 4.79 Å². The van der Waals surface area contributed by atoms with Gasteiger partial charge in [0.05, 0.1) is 12.0 Å². The highest BCUT2D eigenvalue weighted by Gasteiger charge is 2.47. The molecule has 0 unspecified atom stereocenters. The molecule has 146 valence electrons. The predicted molar refractivity (Wildman–Crippen MR) is 100.0 cm³/mol. The first-order valence-electron chi connectivity index (χ1n) is 9.98. The maximum absolute atomic E-state index is 12.7. The minimum atomic E-state index is -0.757. The molecule has 27 heavy (non-hydrogen) atoms. The van der Waals surface area contributed by atoms with Crippen molar-refractivity contribution in [2.45, 2.75) is 37.7 Å². The molecule has 2 atom stereocenters. The Morgan fingerprint density at radius 2 is 1.78 bits per heavy atom. The van der Waals surface area contributed by atoms with E-state index >= 15 is 0 Å². The molecule has 3 amide bonds. The van der Waals surface area contributed by atoms with Crippen molar-refractivity contribution < 1.29 is 14.7 Å². The topological polar surface area (TPSA) is 77.0 Å².